The Balaban J connectivity index is 1.38. The maximum absolute atomic E-state index is 13.8. The fourth-order valence-electron chi connectivity index (χ4n) is 4.83. The zero-order valence-electron chi connectivity index (χ0n) is 21.4. The lowest BCUT2D eigenvalue weighted by atomic mass is 9.97. The van der Waals surface area contributed by atoms with Gasteiger partial charge in [0.1, 0.15) is 4.75 Å². The molecule has 0 spiro atoms. The number of hydrogen-bond acceptors (Lipinski definition) is 9. The first-order chi connectivity index (χ1) is 19.3. The van der Waals surface area contributed by atoms with Gasteiger partial charge in [0.05, 0.1) is 18.4 Å². The number of rotatable bonds is 8. The summed E-state index contributed by atoms with van der Waals surface area (Å²) in [4.78, 5) is 33.2. The van der Waals surface area contributed by atoms with Crippen LogP contribution in [0.1, 0.15) is 22.6 Å². The number of oxazole rings is 1. The summed E-state index contributed by atoms with van der Waals surface area (Å²) in [6.07, 6.45) is 3.24. The van der Waals surface area contributed by atoms with Crippen LogP contribution in [0.15, 0.2) is 70.9 Å². The Morgan fingerprint density at radius 2 is 1.90 bits per heavy atom. The Morgan fingerprint density at radius 3 is 2.60 bits per heavy atom. The molecule has 1 fully saturated rings. The smallest absolute Gasteiger partial charge is 0.317 e. The number of hydrogen-bond donors (Lipinski definition) is 3. The van der Waals surface area contributed by atoms with E-state index in [2.05, 4.69) is 10.3 Å². The van der Waals surface area contributed by atoms with Crippen LogP contribution in [0.3, 0.4) is 0 Å². The topological polar surface area (TPSA) is 142 Å². The molecule has 3 N–H and O–H groups in total. The predicted octanol–water partition coefficient (Wildman–Crippen LogP) is 4.30. The molecular weight excluding hydrogens is 573 g/mol. The Hall–Kier alpha value is -3.52. The van der Waals surface area contributed by atoms with E-state index in [0.29, 0.717) is 23.6 Å². The molecule has 3 amide bonds. The minimum absolute atomic E-state index is 0.0109. The Kier molecular flexibility index (Phi) is 8.35. The van der Waals surface area contributed by atoms with E-state index in [1.54, 1.807) is 29.1 Å². The van der Waals surface area contributed by atoms with Crippen LogP contribution in [0.4, 0.5) is 4.79 Å². The van der Waals surface area contributed by atoms with Crippen molar-refractivity contribution in [2.24, 2.45) is 0 Å². The highest BCUT2D eigenvalue weighted by Crippen LogP contribution is 2.45. The average Bonchev–Trinajstić information content (AvgIpc) is 3.74. The van der Waals surface area contributed by atoms with Crippen molar-refractivity contribution in [1.29, 1.82) is 0 Å². The number of thiophene rings is 2. The second-order valence-electron chi connectivity index (χ2n) is 9.43. The van der Waals surface area contributed by atoms with E-state index >= 15 is 0 Å². The van der Waals surface area contributed by atoms with Crippen molar-refractivity contribution in [3.63, 3.8) is 0 Å². The number of hydroxylamine groups is 1. The first-order valence-electron chi connectivity index (χ1n) is 12.6. The first-order valence-corrected chi connectivity index (χ1v) is 16.0. The summed E-state index contributed by atoms with van der Waals surface area (Å²) in [7, 11) is -3.91. The lowest BCUT2D eigenvalue weighted by Gasteiger charge is -2.30. The number of nitrogens with one attached hydrogen (secondary N) is 2. The van der Waals surface area contributed by atoms with Crippen LogP contribution in [0, 0.1) is 0 Å². The molecule has 0 saturated carbocycles. The molecule has 3 aromatic heterocycles. The number of urea groups is 1. The van der Waals surface area contributed by atoms with Gasteiger partial charge in [-0.2, -0.15) is 0 Å². The van der Waals surface area contributed by atoms with E-state index in [9.17, 15) is 23.2 Å². The van der Waals surface area contributed by atoms with Gasteiger partial charge in [0.2, 0.25) is 5.91 Å². The molecule has 1 aromatic carbocycles. The average molecular weight is 601 g/mol. The molecule has 10 nitrogen and oxygen atoms in total. The molecule has 4 aromatic rings. The van der Waals surface area contributed by atoms with Crippen molar-refractivity contribution in [2.75, 3.05) is 25.4 Å². The number of carbonyl (C=O) groups excluding carboxylic acids is 2. The molecule has 1 saturated heterocycles. The van der Waals surface area contributed by atoms with Crippen molar-refractivity contribution >= 4 is 44.4 Å². The van der Waals surface area contributed by atoms with Crippen LogP contribution in [-0.2, 0) is 25.8 Å². The molecular formula is C27H28N4O6S3. The summed E-state index contributed by atoms with van der Waals surface area (Å²) in [5.41, 5.74) is 3.32. The van der Waals surface area contributed by atoms with Crippen LogP contribution >= 0.6 is 22.7 Å². The minimum Gasteiger partial charge on any atom is -0.444 e. The molecule has 1 unspecified atom stereocenters. The van der Waals surface area contributed by atoms with Gasteiger partial charge in [-0.15, -0.1) is 22.7 Å². The fraction of sp³-hybridized carbons (Fsp3) is 0.296. The number of benzene rings is 1. The lowest BCUT2D eigenvalue weighted by Crippen LogP contribution is -2.42. The molecule has 4 heterocycles. The second kappa shape index (κ2) is 11.9. The van der Waals surface area contributed by atoms with Crippen molar-refractivity contribution in [3.8, 4) is 21.8 Å². The highest BCUT2D eigenvalue weighted by atomic mass is 32.2. The summed E-state index contributed by atoms with van der Waals surface area (Å²) >= 11 is 2.90. The summed E-state index contributed by atoms with van der Waals surface area (Å²) in [5.74, 6) is -0.468. The van der Waals surface area contributed by atoms with Crippen molar-refractivity contribution in [2.45, 2.75) is 24.0 Å². The predicted molar refractivity (Wildman–Crippen MR) is 153 cm³/mol. The summed E-state index contributed by atoms with van der Waals surface area (Å²) in [6.45, 7) is 0.586. The van der Waals surface area contributed by atoms with Gasteiger partial charge >= 0.3 is 6.03 Å². The van der Waals surface area contributed by atoms with Crippen molar-refractivity contribution in [3.05, 3.63) is 76.3 Å². The zero-order chi connectivity index (χ0) is 28.2. The van der Waals surface area contributed by atoms with Gasteiger partial charge in [-0.05, 0) is 42.0 Å². The lowest BCUT2D eigenvalue weighted by molar-refractivity contribution is -0.129. The largest absolute Gasteiger partial charge is 0.444 e. The second-order valence-corrected chi connectivity index (χ2v) is 14.0. The quantitative estimate of drug-likeness (QED) is 0.202. The van der Waals surface area contributed by atoms with E-state index in [0.717, 1.165) is 20.9 Å². The van der Waals surface area contributed by atoms with E-state index in [-0.39, 0.29) is 31.3 Å². The number of sulfone groups is 1. The zero-order valence-corrected chi connectivity index (χ0v) is 23.9. The molecule has 13 heteroatoms. The van der Waals surface area contributed by atoms with E-state index < -0.39 is 26.9 Å². The normalized spacial score (nSPS) is 18.7. The summed E-state index contributed by atoms with van der Waals surface area (Å²) in [5, 5.41) is 14.1. The summed E-state index contributed by atoms with van der Waals surface area (Å²) < 4.78 is 31.4. The highest BCUT2D eigenvalue weighted by molar-refractivity contribution is 7.92. The third-order valence-corrected chi connectivity index (χ3v) is 11.9. The standard InChI is InChI=1S/C27H28N4O6S3/c32-25(30-34)16-27(24-8-7-23(39-24)20-5-3-19(4-6-20)22-17-28-18-37-22)10-12-31(13-15-40(27,35)36)26(33)29-11-9-21-2-1-14-38-21/h1-8,14,17-18,34H,9-13,15-16H2,(H,29,33)(H,30,32). The molecule has 1 atom stereocenters. The molecule has 1 aliphatic rings. The molecule has 0 radical (unpaired) electrons. The Labute approximate surface area is 239 Å². The van der Waals surface area contributed by atoms with Gasteiger partial charge in [-0.1, -0.05) is 30.3 Å². The van der Waals surface area contributed by atoms with Gasteiger partial charge in [-0.25, -0.2) is 23.7 Å². The summed E-state index contributed by atoms with van der Waals surface area (Å²) in [6, 6.07) is 14.8. The maximum Gasteiger partial charge on any atom is 0.317 e. The molecule has 5 rings (SSSR count). The molecule has 40 heavy (non-hydrogen) atoms. The SMILES string of the molecule is O=C(CC1(c2ccc(-c3ccc(-c4cnco4)cc3)s2)CCN(C(=O)NCCc2cccs2)CCS1(=O)=O)NO. The van der Waals surface area contributed by atoms with Gasteiger partial charge in [0.25, 0.3) is 0 Å². The first kappa shape index (κ1) is 28.0. The van der Waals surface area contributed by atoms with Gasteiger partial charge in [0.15, 0.2) is 22.0 Å². The van der Waals surface area contributed by atoms with Crippen LogP contribution in [0.5, 0.6) is 0 Å². The van der Waals surface area contributed by atoms with Gasteiger partial charge in [-0.3, -0.25) is 10.0 Å². The van der Waals surface area contributed by atoms with Gasteiger partial charge < -0.3 is 14.6 Å². The van der Waals surface area contributed by atoms with E-state index in [1.165, 1.54) is 22.6 Å². The molecule has 1 aliphatic heterocycles. The third kappa shape index (κ3) is 5.82. The highest BCUT2D eigenvalue weighted by Gasteiger charge is 2.49. The number of nitrogens with zero attached hydrogens (tertiary/aromatic N) is 2. The van der Waals surface area contributed by atoms with E-state index in [1.807, 2.05) is 47.8 Å². The molecule has 0 aliphatic carbocycles. The van der Waals surface area contributed by atoms with Crippen LogP contribution in [0.2, 0.25) is 0 Å². The van der Waals surface area contributed by atoms with Gasteiger partial charge in [0, 0.05) is 39.8 Å². The van der Waals surface area contributed by atoms with E-state index in [4.69, 9.17) is 4.42 Å². The monoisotopic (exact) mass is 600 g/mol. The maximum atomic E-state index is 13.8. The van der Waals surface area contributed by atoms with Crippen LogP contribution in [-0.4, -0.2) is 60.8 Å². The van der Waals surface area contributed by atoms with Crippen molar-refractivity contribution in [1.82, 2.24) is 20.7 Å². The fourth-order valence-corrected chi connectivity index (χ4v) is 9.14. The van der Waals surface area contributed by atoms with Crippen LogP contribution < -0.4 is 10.8 Å². The third-order valence-electron chi connectivity index (χ3n) is 7.04. The van der Waals surface area contributed by atoms with Crippen LogP contribution in [0.25, 0.3) is 21.8 Å². The number of carbonyl (C=O) groups is 2. The molecule has 210 valence electrons. The minimum atomic E-state index is -3.91. The molecule has 0 bridgehead atoms. The van der Waals surface area contributed by atoms with Crippen molar-refractivity contribution < 1.29 is 27.6 Å². The Morgan fingerprint density at radius 1 is 1.10 bits per heavy atom. The number of aromatic nitrogens is 1. The Bertz CT molecular complexity index is 1550. The number of amides is 3.